The van der Waals surface area contributed by atoms with Gasteiger partial charge in [0.05, 0.1) is 10.5 Å². The molecule has 25 heavy (non-hydrogen) atoms. The van der Waals surface area contributed by atoms with E-state index in [1.807, 2.05) is 67.6 Å². The molecule has 0 aliphatic heterocycles. The maximum Gasteiger partial charge on any atom is 0.326 e. The van der Waals surface area contributed by atoms with E-state index in [9.17, 15) is 9.90 Å². The quantitative estimate of drug-likeness (QED) is 0.609. The molecule has 3 rings (SSSR count). The van der Waals surface area contributed by atoms with Gasteiger partial charge in [-0.25, -0.2) is 9.78 Å². The molecule has 0 bridgehead atoms. The van der Waals surface area contributed by atoms with Gasteiger partial charge in [0, 0.05) is 16.8 Å². The molecule has 1 heterocycles. The number of thioether (sulfide) groups is 1. The van der Waals surface area contributed by atoms with Crippen LogP contribution in [0.1, 0.15) is 12.0 Å². The first-order valence-corrected chi connectivity index (χ1v) is 9.15. The Morgan fingerprint density at radius 3 is 2.68 bits per heavy atom. The van der Waals surface area contributed by atoms with Crippen molar-refractivity contribution in [2.75, 3.05) is 11.1 Å². The van der Waals surface area contributed by atoms with E-state index in [2.05, 4.69) is 10.3 Å². The van der Waals surface area contributed by atoms with Crippen molar-refractivity contribution in [1.82, 2.24) is 4.98 Å². The summed E-state index contributed by atoms with van der Waals surface area (Å²) < 4.78 is 0. The minimum atomic E-state index is -0.838. The number of anilines is 1. The van der Waals surface area contributed by atoms with Crippen molar-refractivity contribution in [1.29, 1.82) is 0 Å². The number of carboxylic acids is 1. The van der Waals surface area contributed by atoms with Crippen LogP contribution in [0.3, 0.4) is 0 Å². The number of benzene rings is 2. The third-order valence-electron chi connectivity index (χ3n) is 4.00. The second kappa shape index (κ2) is 8.03. The minimum absolute atomic E-state index is 0.517. The number of fused-ring (bicyclic) bond motifs is 1. The van der Waals surface area contributed by atoms with Gasteiger partial charge < -0.3 is 10.4 Å². The van der Waals surface area contributed by atoms with Crippen LogP contribution in [0, 0.1) is 6.92 Å². The van der Waals surface area contributed by atoms with Gasteiger partial charge in [0.15, 0.2) is 0 Å². The minimum Gasteiger partial charge on any atom is -0.480 e. The average Bonchev–Trinajstić information content (AvgIpc) is 2.62. The molecule has 3 aromatic rings. The number of pyridine rings is 1. The van der Waals surface area contributed by atoms with E-state index < -0.39 is 12.0 Å². The van der Waals surface area contributed by atoms with E-state index >= 15 is 0 Å². The number of nitrogens with zero attached hydrogens (tertiary/aromatic N) is 1. The topological polar surface area (TPSA) is 62.2 Å². The first kappa shape index (κ1) is 17.3. The van der Waals surface area contributed by atoms with Crippen molar-refractivity contribution in [2.45, 2.75) is 24.4 Å². The number of aromatic nitrogens is 1. The van der Waals surface area contributed by atoms with Gasteiger partial charge >= 0.3 is 5.97 Å². The SMILES string of the molecule is Cc1ccccc1N[C@@H](CCSc1ccc2ccccc2n1)C(=O)O. The molecule has 0 saturated carbocycles. The van der Waals surface area contributed by atoms with Crippen LogP contribution in [0.4, 0.5) is 5.69 Å². The Morgan fingerprint density at radius 2 is 1.88 bits per heavy atom. The number of hydrogen-bond donors (Lipinski definition) is 2. The molecular formula is C20H20N2O2S. The zero-order valence-corrected chi connectivity index (χ0v) is 14.8. The summed E-state index contributed by atoms with van der Waals surface area (Å²) in [6, 6.07) is 19.1. The average molecular weight is 352 g/mol. The highest BCUT2D eigenvalue weighted by atomic mass is 32.2. The maximum absolute atomic E-state index is 11.5. The van der Waals surface area contributed by atoms with Crippen molar-refractivity contribution >= 4 is 34.3 Å². The predicted molar refractivity (Wildman–Crippen MR) is 103 cm³/mol. The number of nitrogens with one attached hydrogen (secondary N) is 1. The summed E-state index contributed by atoms with van der Waals surface area (Å²) in [4.78, 5) is 16.2. The van der Waals surface area contributed by atoms with Crippen molar-refractivity contribution in [2.24, 2.45) is 0 Å². The molecule has 0 amide bonds. The lowest BCUT2D eigenvalue weighted by Gasteiger charge is -2.17. The molecule has 128 valence electrons. The third kappa shape index (κ3) is 4.51. The molecule has 5 heteroatoms. The Balaban J connectivity index is 1.61. The number of aryl methyl sites for hydroxylation is 1. The van der Waals surface area contributed by atoms with Crippen LogP contribution >= 0.6 is 11.8 Å². The van der Waals surface area contributed by atoms with Gasteiger partial charge in [-0.05, 0) is 37.1 Å². The summed E-state index contributed by atoms with van der Waals surface area (Å²) in [7, 11) is 0. The highest BCUT2D eigenvalue weighted by molar-refractivity contribution is 7.99. The Labute approximate surface area is 151 Å². The lowest BCUT2D eigenvalue weighted by molar-refractivity contribution is -0.137. The van der Waals surface area contributed by atoms with Crippen molar-refractivity contribution in [3.63, 3.8) is 0 Å². The molecule has 0 fully saturated rings. The molecule has 1 atom stereocenters. The Hall–Kier alpha value is -2.53. The molecule has 0 aliphatic rings. The number of rotatable bonds is 7. The van der Waals surface area contributed by atoms with E-state index in [-0.39, 0.29) is 0 Å². The van der Waals surface area contributed by atoms with Crippen LogP contribution in [-0.4, -0.2) is 27.9 Å². The fraction of sp³-hybridized carbons (Fsp3) is 0.200. The molecular weight excluding hydrogens is 332 g/mol. The van der Waals surface area contributed by atoms with E-state index in [4.69, 9.17) is 0 Å². The Morgan fingerprint density at radius 1 is 1.12 bits per heavy atom. The second-order valence-electron chi connectivity index (χ2n) is 5.83. The zero-order valence-electron chi connectivity index (χ0n) is 14.0. The summed E-state index contributed by atoms with van der Waals surface area (Å²) in [6.07, 6.45) is 0.517. The van der Waals surface area contributed by atoms with Crippen LogP contribution in [-0.2, 0) is 4.79 Å². The van der Waals surface area contributed by atoms with Gasteiger partial charge in [-0.1, -0.05) is 42.5 Å². The highest BCUT2D eigenvalue weighted by Gasteiger charge is 2.17. The number of para-hydroxylation sites is 2. The fourth-order valence-electron chi connectivity index (χ4n) is 2.59. The van der Waals surface area contributed by atoms with Crippen molar-refractivity contribution < 1.29 is 9.90 Å². The van der Waals surface area contributed by atoms with Crippen LogP contribution in [0.5, 0.6) is 0 Å². The van der Waals surface area contributed by atoms with Crippen LogP contribution in [0.15, 0.2) is 65.7 Å². The summed E-state index contributed by atoms with van der Waals surface area (Å²) in [5, 5.41) is 14.6. The zero-order chi connectivity index (χ0) is 17.6. The van der Waals surface area contributed by atoms with Gasteiger partial charge in [-0.15, -0.1) is 11.8 Å². The molecule has 0 saturated heterocycles. The van der Waals surface area contributed by atoms with Gasteiger partial charge in [-0.3, -0.25) is 0 Å². The number of carboxylic acid groups (broad SMARTS) is 1. The normalized spacial score (nSPS) is 12.0. The summed E-state index contributed by atoms with van der Waals surface area (Å²) in [6.45, 7) is 1.97. The van der Waals surface area contributed by atoms with Gasteiger partial charge in [-0.2, -0.15) is 0 Å². The third-order valence-corrected chi connectivity index (χ3v) is 4.97. The van der Waals surface area contributed by atoms with Gasteiger partial charge in [0.25, 0.3) is 0 Å². The van der Waals surface area contributed by atoms with Gasteiger partial charge in [0.1, 0.15) is 6.04 Å². The molecule has 0 unspecified atom stereocenters. The monoisotopic (exact) mass is 352 g/mol. The molecule has 4 nitrogen and oxygen atoms in total. The van der Waals surface area contributed by atoms with E-state index in [1.54, 1.807) is 11.8 Å². The second-order valence-corrected chi connectivity index (χ2v) is 6.94. The highest BCUT2D eigenvalue weighted by Crippen LogP contribution is 2.22. The fourth-order valence-corrected chi connectivity index (χ4v) is 3.48. The summed E-state index contributed by atoms with van der Waals surface area (Å²) in [5.74, 6) is -0.156. The number of carbonyl (C=O) groups is 1. The molecule has 2 aromatic carbocycles. The first-order valence-electron chi connectivity index (χ1n) is 8.17. The van der Waals surface area contributed by atoms with E-state index in [0.717, 1.165) is 27.2 Å². The van der Waals surface area contributed by atoms with E-state index in [1.165, 1.54) is 0 Å². The molecule has 1 aromatic heterocycles. The van der Waals surface area contributed by atoms with E-state index in [0.29, 0.717) is 12.2 Å². The smallest absolute Gasteiger partial charge is 0.326 e. The standard InChI is InChI=1S/C20H20N2O2S/c1-14-6-2-4-8-16(14)21-18(20(23)24)12-13-25-19-11-10-15-7-3-5-9-17(15)22-19/h2-11,18,21H,12-13H2,1H3,(H,23,24)/t18-/m0/s1. The number of hydrogen-bond acceptors (Lipinski definition) is 4. The first-order chi connectivity index (χ1) is 12.1. The number of aliphatic carboxylic acids is 1. The van der Waals surface area contributed by atoms with Gasteiger partial charge in [0.2, 0.25) is 0 Å². The maximum atomic E-state index is 11.5. The summed E-state index contributed by atoms with van der Waals surface area (Å²) >= 11 is 1.58. The van der Waals surface area contributed by atoms with Crippen molar-refractivity contribution in [3.8, 4) is 0 Å². The predicted octanol–water partition coefficient (Wildman–Crippen LogP) is 4.59. The largest absolute Gasteiger partial charge is 0.480 e. The van der Waals surface area contributed by atoms with Crippen LogP contribution in [0.25, 0.3) is 10.9 Å². The summed E-state index contributed by atoms with van der Waals surface area (Å²) in [5.41, 5.74) is 2.86. The molecule has 2 N–H and O–H groups in total. The molecule has 0 aliphatic carbocycles. The molecule has 0 radical (unpaired) electrons. The van der Waals surface area contributed by atoms with Crippen molar-refractivity contribution in [3.05, 3.63) is 66.2 Å². The Bertz CT molecular complexity index is 882. The molecule has 0 spiro atoms. The Kier molecular flexibility index (Phi) is 5.56. The lowest BCUT2D eigenvalue weighted by Crippen LogP contribution is -2.30. The van der Waals surface area contributed by atoms with Crippen LogP contribution < -0.4 is 5.32 Å². The van der Waals surface area contributed by atoms with Crippen LogP contribution in [0.2, 0.25) is 0 Å². The lowest BCUT2D eigenvalue weighted by atomic mass is 10.1.